The molecule has 0 spiro atoms. The topological polar surface area (TPSA) is 61.4 Å². The van der Waals surface area contributed by atoms with Crippen molar-refractivity contribution in [1.82, 2.24) is 10.2 Å². The van der Waals surface area contributed by atoms with Crippen molar-refractivity contribution in [2.45, 2.75) is 19.9 Å². The van der Waals surface area contributed by atoms with Crippen molar-refractivity contribution in [3.8, 4) is 0 Å². The summed E-state index contributed by atoms with van der Waals surface area (Å²) in [6, 6.07) is 13.4. The lowest BCUT2D eigenvalue weighted by Crippen LogP contribution is -2.34. The number of carbonyl (C=O) groups excluding carboxylic acids is 2. The van der Waals surface area contributed by atoms with Crippen LogP contribution in [0.4, 0.5) is 14.9 Å². The molecule has 1 atom stereocenters. The predicted molar refractivity (Wildman–Crippen MR) is 98.1 cm³/mol. The minimum atomic E-state index is -0.289. The molecule has 26 heavy (non-hydrogen) atoms. The summed E-state index contributed by atoms with van der Waals surface area (Å²) in [5, 5.41) is 5.65. The smallest absolute Gasteiger partial charge is 0.319 e. The lowest BCUT2D eigenvalue weighted by Gasteiger charge is -2.17. The molecule has 136 valence electrons. The Bertz CT molecular complexity index is 792. The monoisotopic (exact) mass is 355 g/mol. The van der Waals surface area contributed by atoms with Gasteiger partial charge in [0.1, 0.15) is 5.82 Å². The zero-order valence-corrected chi connectivity index (χ0v) is 14.7. The van der Waals surface area contributed by atoms with Gasteiger partial charge in [0.15, 0.2) is 0 Å². The summed E-state index contributed by atoms with van der Waals surface area (Å²) in [7, 11) is 0. The molecule has 1 aliphatic heterocycles. The minimum absolute atomic E-state index is 0.0560. The number of para-hydroxylation sites is 1. The fraction of sp³-hybridized carbons (Fsp3) is 0.300. The largest absolute Gasteiger partial charge is 0.338 e. The first-order valence-corrected chi connectivity index (χ1v) is 8.64. The summed E-state index contributed by atoms with van der Waals surface area (Å²) in [4.78, 5) is 26.0. The standard InChI is InChI=1S/C20H22FN3O2/c1-14-4-2-3-5-18(14)23-20(26)22-11-16-10-19(25)24(13-16)12-15-6-8-17(21)9-7-15/h2-9,16H,10-13H2,1H3,(H2,22,23,26). The zero-order valence-electron chi connectivity index (χ0n) is 14.7. The van der Waals surface area contributed by atoms with Gasteiger partial charge in [-0.2, -0.15) is 0 Å². The lowest BCUT2D eigenvalue weighted by atomic mass is 10.1. The molecule has 1 fully saturated rings. The third kappa shape index (κ3) is 4.59. The average Bonchev–Trinajstić information content (AvgIpc) is 2.97. The van der Waals surface area contributed by atoms with Crippen LogP contribution in [0.25, 0.3) is 0 Å². The molecule has 0 aromatic heterocycles. The van der Waals surface area contributed by atoms with Crippen LogP contribution in [-0.4, -0.2) is 29.9 Å². The van der Waals surface area contributed by atoms with E-state index in [0.717, 1.165) is 16.8 Å². The van der Waals surface area contributed by atoms with Crippen LogP contribution in [0.2, 0.25) is 0 Å². The highest BCUT2D eigenvalue weighted by Gasteiger charge is 2.29. The Kier molecular flexibility index (Phi) is 5.51. The van der Waals surface area contributed by atoms with E-state index in [1.807, 2.05) is 31.2 Å². The van der Waals surface area contributed by atoms with E-state index in [2.05, 4.69) is 10.6 Å². The summed E-state index contributed by atoms with van der Waals surface area (Å²) in [5.74, 6) is -0.158. The Morgan fingerprint density at radius 3 is 2.65 bits per heavy atom. The van der Waals surface area contributed by atoms with E-state index in [4.69, 9.17) is 0 Å². The third-order valence-electron chi connectivity index (χ3n) is 4.53. The number of nitrogens with zero attached hydrogens (tertiary/aromatic N) is 1. The Balaban J connectivity index is 1.47. The van der Waals surface area contributed by atoms with Crippen LogP contribution >= 0.6 is 0 Å². The highest BCUT2D eigenvalue weighted by molar-refractivity contribution is 5.90. The molecule has 3 rings (SSSR count). The Morgan fingerprint density at radius 1 is 1.19 bits per heavy atom. The highest BCUT2D eigenvalue weighted by atomic mass is 19.1. The number of aryl methyl sites for hydroxylation is 1. The van der Waals surface area contributed by atoms with Gasteiger partial charge in [-0.1, -0.05) is 30.3 Å². The molecule has 1 heterocycles. The number of amides is 3. The predicted octanol–water partition coefficient (Wildman–Crippen LogP) is 3.30. The van der Waals surface area contributed by atoms with Crippen LogP contribution in [0.15, 0.2) is 48.5 Å². The second-order valence-electron chi connectivity index (χ2n) is 6.62. The molecule has 5 nitrogen and oxygen atoms in total. The summed E-state index contributed by atoms with van der Waals surface area (Å²) >= 11 is 0. The molecule has 2 aromatic rings. The quantitative estimate of drug-likeness (QED) is 0.864. The molecule has 0 bridgehead atoms. The lowest BCUT2D eigenvalue weighted by molar-refractivity contribution is -0.128. The zero-order chi connectivity index (χ0) is 18.5. The molecular formula is C20H22FN3O2. The first-order chi connectivity index (χ1) is 12.5. The van der Waals surface area contributed by atoms with E-state index in [-0.39, 0.29) is 23.7 Å². The van der Waals surface area contributed by atoms with E-state index in [9.17, 15) is 14.0 Å². The van der Waals surface area contributed by atoms with Crippen molar-refractivity contribution in [2.75, 3.05) is 18.4 Å². The number of likely N-dealkylation sites (tertiary alicyclic amines) is 1. The summed E-state index contributed by atoms with van der Waals surface area (Å²) in [5.41, 5.74) is 2.65. The van der Waals surface area contributed by atoms with Gasteiger partial charge in [-0.25, -0.2) is 9.18 Å². The molecule has 1 aliphatic rings. The number of benzene rings is 2. The van der Waals surface area contributed by atoms with Crippen molar-refractivity contribution < 1.29 is 14.0 Å². The maximum Gasteiger partial charge on any atom is 0.319 e. The van der Waals surface area contributed by atoms with E-state index in [1.54, 1.807) is 17.0 Å². The number of urea groups is 1. The Morgan fingerprint density at radius 2 is 1.92 bits per heavy atom. The van der Waals surface area contributed by atoms with Gasteiger partial charge in [-0.05, 0) is 36.2 Å². The summed E-state index contributed by atoms with van der Waals surface area (Å²) < 4.78 is 13.0. The number of hydrogen-bond donors (Lipinski definition) is 2. The van der Waals surface area contributed by atoms with Gasteiger partial charge in [0, 0.05) is 37.7 Å². The van der Waals surface area contributed by atoms with Crippen molar-refractivity contribution in [1.29, 1.82) is 0 Å². The van der Waals surface area contributed by atoms with E-state index in [0.29, 0.717) is 26.1 Å². The maximum absolute atomic E-state index is 13.0. The molecule has 6 heteroatoms. The second kappa shape index (κ2) is 7.99. The van der Waals surface area contributed by atoms with Gasteiger partial charge in [0.25, 0.3) is 0 Å². The SMILES string of the molecule is Cc1ccccc1NC(=O)NCC1CC(=O)N(Cc2ccc(F)cc2)C1. The minimum Gasteiger partial charge on any atom is -0.338 e. The number of halogens is 1. The fourth-order valence-electron chi connectivity index (χ4n) is 3.07. The number of anilines is 1. The number of nitrogens with one attached hydrogen (secondary N) is 2. The number of hydrogen-bond acceptors (Lipinski definition) is 2. The van der Waals surface area contributed by atoms with Crippen LogP contribution in [0.5, 0.6) is 0 Å². The highest BCUT2D eigenvalue weighted by Crippen LogP contribution is 2.20. The average molecular weight is 355 g/mol. The summed E-state index contributed by atoms with van der Waals surface area (Å²) in [6.07, 6.45) is 0.409. The fourth-order valence-corrected chi connectivity index (χ4v) is 3.07. The third-order valence-corrected chi connectivity index (χ3v) is 4.53. The van der Waals surface area contributed by atoms with Crippen molar-refractivity contribution in [3.63, 3.8) is 0 Å². The molecule has 2 aromatic carbocycles. The van der Waals surface area contributed by atoms with Gasteiger partial charge in [-0.3, -0.25) is 4.79 Å². The van der Waals surface area contributed by atoms with E-state index >= 15 is 0 Å². The first kappa shape index (κ1) is 17.9. The van der Waals surface area contributed by atoms with Crippen LogP contribution in [-0.2, 0) is 11.3 Å². The van der Waals surface area contributed by atoms with Crippen LogP contribution in [0, 0.1) is 18.7 Å². The van der Waals surface area contributed by atoms with Crippen molar-refractivity contribution >= 4 is 17.6 Å². The molecule has 0 saturated carbocycles. The van der Waals surface area contributed by atoms with Crippen molar-refractivity contribution in [2.24, 2.45) is 5.92 Å². The number of rotatable bonds is 5. The van der Waals surface area contributed by atoms with E-state index < -0.39 is 0 Å². The van der Waals surface area contributed by atoms with Gasteiger partial charge < -0.3 is 15.5 Å². The normalized spacial score (nSPS) is 16.6. The van der Waals surface area contributed by atoms with Gasteiger partial charge in [0.05, 0.1) is 0 Å². The molecule has 0 aliphatic carbocycles. The van der Waals surface area contributed by atoms with Gasteiger partial charge in [-0.15, -0.1) is 0 Å². The molecule has 2 N–H and O–H groups in total. The van der Waals surface area contributed by atoms with Crippen molar-refractivity contribution in [3.05, 3.63) is 65.5 Å². The Labute approximate surface area is 152 Å². The first-order valence-electron chi connectivity index (χ1n) is 8.64. The summed E-state index contributed by atoms with van der Waals surface area (Å²) in [6.45, 7) is 3.41. The molecule has 1 unspecified atom stereocenters. The van der Waals surface area contributed by atoms with Crippen LogP contribution in [0.1, 0.15) is 17.5 Å². The molecular weight excluding hydrogens is 333 g/mol. The molecule has 1 saturated heterocycles. The van der Waals surface area contributed by atoms with Crippen LogP contribution in [0.3, 0.4) is 0 Å². The van der Waals surface area contributed by atoms with Gasteiger partial charge in [0.2, 0.25) is 5.91 Å². The van der Waals surface area contributed by atoms with E-state index in [1.165, 1.54) is 12.1 Å². The van der Waals surface area contributed by atoms with Gasteiger partial charge >= 0.3 is 6.03 Å². The molecule has 3 amide bonds. The molecule has 0 radical (unpaired) electrons. The number of carbonyl (C=O) groups is 2. The maximum atomic E-state index is 13.0. The second-order valence-corrected chi connectivity index (χ2v) is 6.62. The Hall–Kier alpha value is -2.89. The van der Waals surface area contributed by atoms with Crippen LogP contribution < -0.4 is 10.6 Å².